The molecule has 0 bridgehead atoms. The van der Waals surface area contributed by atoms with Crippen LogP contribution in [0.1, 0.15) is 44.7 Å². The standard InChI is InChI=1S/C26H20N2O4S/c1-15(25(33)28-23(29)20-12-6-7-13-21(20)24(28)30)27-26(31)32-14-22-18-10-4-2-8-16(18)17-9-3-5-11-19(17)22/h2-13,15,22H,14H2,1H3,(H,27,31)/t15-/m0/s1. The molecule has 0 unspecified atom stereocenters. The summed E-state index contributed by atoms with van der Waals surface area (Å²) in [6.07, 6.45) is -0.664. The molecule has 1 aliphatic carbocycles. The average molecular weight is 457 g/mol. The summed E-state index contributed by atoms with van der Waals surface area (Å²) >= 11 is 5.37. The number of nitrogens with one attached hydrogen (secondary N) is 1. The van der Waals surface area contributed by atoms with Gasteiger partial charge >= 0.3 is 6.09 Å². The normalized spacial score (nSPS) is 15.0. The Labute approximate surface area is 196 Å². The first kappa shape index (κ1) is 21.0. The number of hydrogen-bond acceptors (Lipinski definition) is 5. The van der Waals surface area contributed by atoms with E-state index in [2.05, 4.69) is 17.4 Å². The average Bonchev–Trinajstić information content (AvgIpc) is 3.29. The number of imide groups is 1. The van der Waals surface area contributed by atoms with E-state index in [4.69, 9.17) is 17.0 Å². The smallest absolute Gasteiger partial charge is 0.407 e. The Bertz CT molecular complexity index is 1240. The number of carbonyl (C=O) groups is 3. The quantitative estimate of drug-likeness (QED) is 0.461. The molecular formula is C26H20N2O4S. The zero-order valence-corrected chi connectivity index (χ0v) is 18.6. The third kappa shape index (κ3) is 3.50. The van der Waals surface area contributed by atoms with Crippen molar-refractivity contribution in [2.45, 2.75) is 18.9 Å². The number of rotatable bonds is 4. The third-order valence-corrected chi connectivity index (χ3v) is 6.60. The summed E-state index contributed by atoms with van der Waals surface area (Å²) in [5.74, 6) is -1.04. The minimum Gasteiger partial charge on any atom is -0.449 e. The molecule has 0 saturated heterocycles. The van der Waals surface area contributed by atoms with Crippen LogP contribution in [-0.4, -0.2) is 40.4 Å². The summed E-state index contributed by atoms with van der Waals surface area (Å²) in [5, 5.41) is 2.65. The highest BCUT2D eigenvalue weighted by Crippen LogP contribution is 2.44. The molecule has 2 aliphatic rings. The number of thiocarbonyl (C=S) groups is 1. The molecule has 3 aromatic rings. The summed E-state index contributed by atoms with van der Waals surface area (Å²) in [6, 6.07) is 21.9. The number of fused-ring (bicyclic) bond motifs is 4. The van der Waals surface area contributed by atoms with Gasteiger partial charge in [0.2, 0.25) is 0 Å². The van der Waals surface area contributed by atoms with E-state index >= 15 is 0 Å². The van der Waals surface area contributed by atoms with Crippen LogP contribution >= 0.6 is 12.2 Å². The Balaban J connectivity index is 1.25. The Hall–Kier alpha value is -3.84. The number of amides is 3. The molecule has 1 heterocycles. The number of alkyl carbamates (subject to hydrolysis) is 1. The van der Waals surface area contributed by atoms with Gasteiger partial charge in [-0.05, 0) is 41.3 Å². The van der Waals surface area contributed by atoms with Crippen molar-refractivity contribution in [1.29, 1.82) is 0 Å². The van der Waals surface area contributed by atoms with Gasteiger partial charge in [0, 0.05) is 5.92 Å². The molecule has 3 aromatic carbocycles. The van der Waals surface area contributed by atoms with E-state index in [-0.39, 0.29) is 17.5 Å². The largest absolute Gasteiger partial charge is 0.449 e. The highest BCUT2D eigenvalue weighted by atomic mass is 32.1. The molecule has 0 saturated carbocycles. The van der Waals surface area contributed by atoms with E-state index in [1.54, 1.807) is 31.2 Å². The molecule has 1 atom stereocenters. The fourth-order valence-electron chi connectivity index (χ4n) is 4.46. The van der Waals surface area contributed by atoms with Gasteiger partial charge < -0.3 is 10.1 Å². The van der Waals surface area contributed by atoms with E-state index in [1.165, 1.54) is 0 Å². The minimum atomic E-state index is -0.752. The van der Waals surface area contributed by atoms with E-state index in [9.17, 15) is 14.4 Å². The Morgan fingerprint density at radius 3 is 1.85 bits per heavy atom. The van der Waals surface area contributed by atoms with Crippen molar-refractivity contribution < 1.29 is 19.1 Å². The second-order valence-electron chi connectivity index (χ2n) is 8.02. The van der Waals surface area contributed by atoms with Crippen molar-refractivity contribution in [3.8, 4) is 11.1 Å². The number of benzene rings is 3. The predicted molar refractivity (Wildman–Crippen MR) is 127 cm³/mol. The highest BCUT2D eigenvalue weighted by molar-refractivity contribution is 7.80. The van der Waals surface area contributed by atoms with Gasteiger partial charge in [-0.15, -0.1) is 0 Å². The molecule has 0 aromatic heterocycles. The van der Waals surface area contributed by atoms with Gasteiger partial charge in [0.15, 0.2) is 0 Å². The van der Waals surface area contributed by atoms with Crippen LogP contribution in [0, 0.1) is 0 Å². The van der Waals surface area contributed by atoms with E-state index in [0.717, 1.165) is 27.2 Å². The lowest BCUT2D eigenvalue weighted by molar-refractivity contribution is 0.0745. The first-order valence-electron chi connectivity index (χ1n) is 10.6. The van der Waals surface area contributed by atoms with Crippen molar-refractivity contribution in [2.75, 3.05) is 6.61 Å². The van der Waals surface area contributed by atoms with Gasteiger partial charge in [-0.1, -0.05) is 72.9 Å². The summed E-state index contributed by atoms with van der Waals surface area (Å²) < 4.78 is 5.54. The summed E-state index contributed by atoms with van der Waals surface area (Å²) in [6.45, 7) is 1.78. The van der Waals surface area contributed by atoms with Gasteiger partial charge in [-0.25, -0.2) is 9.69 Å². The molecule has 7 heteroatoms. The Morgan fingerprint density at radius 1 is 0.879 bits per heavy atom. The second kappa shape index (κ2) is 8.26. The van der Waals surface area contributed by atoms with Gasteiger partial charge in [0.25, 0.3) is 11.8 Å². The van der Waals surface area contributed by atoms with Gasteiger partial charge in [-0.2, -0.15) is 0 Å². The Morgan fingerprint density at radius 2 is 1.33 bits per heavy atom. The van der Waals surface area contributed by atoms with E-state index in [1.807, 2.05) is 36.4 Å². The van der Waals surface area contributed by atoms with Gasteiger partial charge in [-0.3, -0.25) is 9.59 Å². The molecule has 0 fully saturated rings. The van der Waals surface area contributed by atoms with Crippen LogP contribution in [0.15, 0.2) is 72.8 Å². The van der Waals surface area contributed by atoms with Crippen molar-refractivity contribution in [3.05, 3.63) is 95.1 Å². The third-order valence-electron chi connectivity index (χ3n) is 6.06. The van der Waals surface area contributed by atoms with Crippen LogP contribution < -0.4 is 5.32 Å². The van der Waals surface area contributed by atoms with E-state index in [0.29, 0.717) is 11.1 Å². The van der Waals surface area contributed by atoms with Crippen LogP contribution in [0.3, 0.4) is 0 Å². The highest BCUT2D eigenvalue weighted by Gasteiger charge is 2.39. The number of nitrogens with zero attached hydrogens (tertiary/aromatic N) is 1. The molecule has 6 nitrogen and oxygen atoms in total. The van der Waals surface area contributed by atoms with Crippen molar-refractivity contribution >= 4 is 35.1 Å². The molecule has 1 N–H and O–H groups in total. The zero-order chi connectivity index (χ0) is 23.1. The van der Waals surface area contributed by atoms with E-state index < -0.39 is 23.9 Å². The number of carbonyl (C=O) groups excluding carboxylic acids is 3. The fourth-order valence-corrected chi connectivity index (χ4v) is 4.69. The first-order chi connectivity index (χ1) is 16.0. The van der Waals surface area contributed by atoms with Crippen molar-refractivity contribution in [1.82, 2.24) is 10.2 Å². The monoisotopic (exact) mass is 456 g/mol. The summed E-state index contributed by atoms with van der Waals surface area (Å²) in [5.41, 5.74) is 5.11. The lowest BCUT2D eigenvalue weighted by Gasteiger charge is -2.22. The topological polar surface area (TPSA) is 75.7 Å². The SMILES string of the molecule is C[C@H](NC(=O)OCC1c2ccccc2-c2ccccc21)C(=S)N1C(=O)c2ccccc2C1=O. The molecular weight excluding hydrogens is 436 g/mol. The van der Waals surface area contributed by atoms with Crippen molar-refractivity contribution in [3.63, 3.8) is 0 Å². The second-order valence-corrected chi connectivity index (χ2v) is 8.44. The maximum atomic E-state index is 12.6. The number of hydrogen-bond donors (Lipinski definition) is 1. The molecule has 5 rings (SSSR count). The van der Waals surface area contributed by atoms with Crippen molar-refractivity contribution in [2.24, 2.45) is 0 Å². The van der Waals surface area contributed by atoms with Crippen LogP contribution in [0.25, 0.3) is 11.1 Å². The molecule has 0 spiro atoms. The van der Waals surface area contributed by atoms with Gasteiger partial charge in [0.05, 0.1) is 17.2 Å². The maximum Gasteiger partial charge on any atom is 0.407 e. The molecule has 1 aliphatic heterocycles. The molecule has 3 amide bonds. The zero-order valence-electron chi connectivity index (χ0n) is 17.8. The maximum absolute atomic E-state index is 12.6. The molecule has 164 valence electrons. The van der Waals surface area contributed by atoms with Crippen LogP contribution in [0.5, 0.6) is 0 Å². The lowest BCUT2D eigenvalue weighted by Crippen LogP contribution is -2.48. The fraction of sp³-hybridized carbons (Fsp3) is 0.154. The minimum absolute atomic E-state index is 0.0229. The van der Waals surface area contributed by atoms with Crippen LogP contribution in [-0.2, 0) is 4.74 Å². The van der Waals surface area contributed by atoms with Crippen LogP contribution in [0.4, 0.5) is 4.79 Å². The Kier molecular flexibility index (Phi) is 5.26. The first-order valence-corrected chi connectivity index (χ1v) is 11.0. The molecule has 0 radical (unpaired) electrons. The summed E-state index contributed by atoms with van der Waals surface area (Å²) in [4.78, 5) is 38.8. The lowest BCUT2D eigenvalue weighted by atomic mass is 9.98. The molecule has 33 heavy (non-hydrogen) atoms. The summed E-state index contributed by atoms with van der Waals surface area (Å²) in [7, 11) is 0. The number of ether oxygens (including phenoxy) is 1. The van der Waals surface area contributed by atoms with Crippen LogP contribution in [0.2, 0.25) is 0 Å². The van der Waals surface area contributed by atoms with Gasteiger partial charge in [0.1, 0.15) is 11.6 Å². The predicted octanol–water partition coefficient (Wildman–Crippen LogP) is 4.54.